The Kier molecular flexibility index (Phi) is 16.1. The van der Waals surface area contributed by atoms with Crippen LogP contribution in [0.25, 0.3) is 20.4 Å². The molecule has 4 atom stereocenters. The van der Waals surface area contributed by atoms with Gasteiger partial charge in [-0.2, -0.15) is 0 Å². The molecule has 0 bridgehead atoms. The number of allylic oxidation sites excluding steroid dienone is 2. The number of aromatic nitrogens is 3. The summed E-state index contributed by atoms with van der Waals surface area (Å²) in [6.45, 7) is 27.6. The Bertz CT molecular complexity index is 3040. The molecular weight excluding hydrogens is 983 g/mol. The number of urea groups is 2. The highest BCUT2D eigenvalue weighted by Crippen LogP contribution is 2.48. The number of pyridine rings is 3. The van der Waals surface area contributed by atoms with Gasteiger partial charge in [0.2, 0.25) is 0 Å². The number of amides is 6. The van der Waals surface area contributed by atoms with E-state index in [1.54, 1.807) is 40.5 Å². The van der Waals surface area contributed by atoms with Crippen molar-refractivity contribution in [3.63, 3.8) is 0 Å². The monoisotopic (exact) mass is 1050 g/mol. The van der Waals surface area contributed by atoms with E-state index in [1.807, 2.05) is 64.1 Å². The first-order chi connectivity index (χ1) is 35.5. The van der Waals surface area contributed by atoms with E-state index in [2.05, 4.69) is 87.0 Å². The Morgan fingerprint density at radius 2 is 1.16 bits per heavy atom. The quantitative estimate of drug-likeness (QED) is 0.0508. The minimum absolute atomic E-state index is 0. The smallest absolute Gasteiger partial charge is 0.331 e. The molecule has 2 aliphatic carbocycles. The van der Waals surface area contributed by atoms with Gasteiger partial charge in [0.1, 0.15) is 25.2 Å². The topological polar surface area (TPSA) is 195 Å². The van der Waals surface area contributed by atoms with E-state index in [0.29, 0.717) is 53.8 Å². The van der Waals surface area contributed by atoms with Crippen molar-refractivity contribution in [1.82, 2.24) is 36.2 Å². The van der Waals surface area contributed by atoms with Crippen LogP contribution in [0.5, 0.6) is 5.75 Å². The van der Waals surface area contributed by atoms with Crippen LogP contribution in [-0.2, 0) is 6.42 Å². The van der Waals surface area contributed by atoms with Gasteiger partial charge in [-0.25, -0.2) is 19.6 Å². The molecule has 2 saturated carbocycles. The third kappa shape index (κ3) is 11.0. The highest BCUT2D eigenvalue weighted by Gasteiger charge is 2.38. The van der Waals surface area contributed by atoms with E-state index < -0.39 is 0 Å². The van der Waals surface area contributed by atoms with E-state index in [1.165, 1.54) is 22.7 Å². The second-order valence-corrected chi connectivity index (χ2v) is 21.8. The van der Waals surface area contributed by atoms with Crippen LogP contribution in [0, 0.1) is 19.8 Å². The van der Waals surface area contributed by atoms with E-state index >= 15 is 0 Å². The van der Waals surface area contributed by atoms with E-state index in [0.717, 1.165) is 95.4 Å². The number of rotatable bonds is 16. The van der Waals surface area contributed by atoms with E-state index in [-0.39, 0.29) is 61.6 Å². The molecule has 2 fully saturated rings. The average Bonchev–Trinajstić information content (AvgIpc) is 4.17. The Morgan fingerprint density at radius 3 is 1.60 bits per heavy atom. The summed E-state index contributed by atoms with van der Waals surface area (Å²) in [5.41, 5.74) is 8.22. The maximum atomic E-state index is 13.5. The van der Waals surface area contributed by atoms with Crippen LogP contribution in [0.1, 0.15) is 110 Å². The molecule has 10 rings (SSSR count). The molecule has 7 heterocycles. The van der Waals surface area contributed by atoms with Gasteiger partial charge in [0, 0.05) is 53.6 Å². The SMILES string of the molecule is C.C=CC(=C)NC1CCCC1NC(=O)c1sc2nccc3c2c1NC(=O)N3c1ccc(OC(C)C)cc1C.C=CC(=C)NC1CCCC1NC(=O)c1sc2nccc3c2c1NC(=O)N3c1cnc(CC(C)C)cc1C. The maximum absolute atomic E-state index is 13.5. The number of nitrogens with zero attached hydrogens (tertiary/aromatic N) is 5. The van der Waals surface area contributed by atoms with Gasteiger partial charge in [0.15, 0.2) is 0 Å². The lowest BCUT2D eigenvalue weighted by Crippen LogP contribution is -2.46. The molecule has 0 saturated heterocycles. The van der Waals surface area contributed by atoms with Crippen LogP contribution in [0.4, 0.5) is 43.7 Å². The maximum Gasteiger partial charge on any atom is 0.331 e. The molecule has 1 aromatic carbocycles. The van der Waals surface area contributed by atoms with Gasteiger partial charge in [-0.1, -0.05) is 47.6 Å². The van der Waals surface area contributed by atoms with Gasteiger partial charge in [0.05, 0.1) is 57.2 Å². The molecule has 18 heteroatoms. The summed E-state index contributed by atoms with van der Waals surface area (Å²) in [7, 11) is 0. The summed E-state index contributed by atoms with van der Waals surface area (Å²) >= 11 is 2.58. The molecule has 392 valence electrons. The number of hydrogen-bond donors (Lipinski definition) is 6. The van der Waals surface area contributed by atoms with Gasteiger partial charge in [-0.3, -0.25) is 24.4 Å². The molecule has 75 heavy (non-hydrogen) atoms. The van der Waals surface area contributed by atoms with Crippen LogP contribution >= 0.6 is 22.7 Å². The average molecular weight is 1050 g/mol. The first-order valence-electron chi connectivity index (χ1n) is 25.1. The van der Waals surface area contributed by atoms with Crippen molar-refractivity contribution in [3.8, 4) is 5.75 Å². The summed E-state index contributed by atoms with van der Waals surface area (Å²) in [5, 5.41) is 20.5. The Hall–Kier alpha value is -7.57. The number of carbonyl (C=O) groups is 4. The first kappa shape index (κ1) is 53.7. The predicted octanol–water partition coefficient (Wildman–Crippen LogP) is 12.5. The van der Waals surface area contributed by atoms with Crippen molar-refractivity contribution in [2.24, 2.45) is 5.92 Å². The molecule has 5 aromatic heterocycles. The highest BCUT2D eigenvalue weighted by molar-refractivity contribution is 7.21. The third-order valence-electron chi connectivity index (χ3n) is 13.6. The van der Waals surface area contributed by atoms with Gasteiger partial charge in [-0.15, -0.1) is 22.7 Å². The molecular formula is C57H67N11O5S2. The number of aryl methyl sites for hydroxylation is 2. The van der Waals surface area contributed by atoms with E-state index in [9.17, 15) is 19.2 Å². The summed E-state index contributed by atoms with van der Waals surface area (Å²) in [4.78, 5) is 73.0. The molecule has 4 aliphatic rings. The van der Waals surface area contributed by atoms with Gasteiger partial charge in [-0.05, 0) is 138 Å². The number of benzene rings is 1. The zero-order valence-electron chi connectivity index (χ0n) is 42.7. The van der Waals surface area contributed by atoms with Crippen LogP contribution in [0.3, 0.4) is 0 Å². The van der Waals surface area contributed by atoms with E-state index in [4.69, 9.17) is 4.74 Å². The third-order valence-corrected chi connectivity index (χ3v) is 15.8. The van der Waals surface area contributed by atoms with Crippen molar-refractivity contribution >= 4 is 101 Å². The molecule has 6 amide bonds. The predicted molar refractivity (Wildman–Crippen MR) is 305 cm³/mol. The number of carbonyl (C=O) groups excluding carboxylic acids is 4. The number of thiophene rings is 2. The van der Waals surface area contributed by atoms with Gasteiger partial charge >= 0.3 is 12.1 Å². The second kappa shape index (κ2) is 22.5. The zero-order chi connectivity index (χ0) is 52.5. The molecule has 0 spiro atoms. The molecule has 2 aliphatic heterocycles. The van der Waals surface area contributed by atoms with Gasteiger partial charge < -0.3 is 36.6 Å². The molecule has 6 N–H and O–H groups in total. The fraction of sp³-hybridized carbons (Fsp3) is 0.351. The molecule has 4 unspecified atom stereocenters. The van der Waals surface area contributed by atoms with Crippen molar-refractivity contribution in [2.45, 2.75) is 124 Å². The second-order valence-electron chi connectivity index (χ2n) is 19.8. The summed E-state index contributed by atoms with van der Waals surface area (Å²) in [6.07, 6.45) is 15.0. The van der Waals surface area contributed by atoms with Crippen LogP contribution < -0.4 is 46.4 Å². The minimum atomic E-state index is -0.323. The fourth-order valence-corrected chi connectivity index (χ4v) is 12.3. The van der Waals surface area contributed by atoms with Gasteiger partial charge in [0.25, 0.3) is 11.8 Å². The summed E-state index contributed by atoms with van der Waals surface area (Å²) in [5.74, 6) is 0.813. The molecule has 16 nitrogen and oxygen atoms in total. The Morgan fingerprint density at radius 1 is 0.693 bits per heavy atom. The first-order valence-corrected chi connectivity index (χ1v) is 26.7. The van der Waals surface area contributed by atoms with Crippen molar-refractivity contribution in [3.05, 3.63) is 131 Å². The largest absolute Gasteiger partial charge is 0.491 e. The van der Waals surface area contributed by atoms with Crippen LogP contribution in [0.2, 0.25) is 0 Å². The molecule has 0 radical (unpaired) electrons. The highest BCUT2D eigenvalue weighted by atomic mass is 32.1. The van der Waals surface area contributed by atoms with Crippen LogP contribution in [0.15, 0.2) is 105 Å². The summed E-state index contributed by atoms with van der Waals surface area (Å²) < 4.78 is 5.81. The Balaban J connectivity index is 0.000000197. The lowest BCUT2D eigenvalue weighted by molar-refractivity contribution is 0.0929. The number of anilines is 6. The van der Waals surface area contributed by atoms with Crippen molar-refractivity contribution in [1.29, 1.82) is 0 Å². The normalized spacial score (nSPS) is 18.4. The Labute approximate surface area is 446 Å². The zero-order valence-corrected chi connectivity index (χ0v) is 44.3. The number of hydrogen-bond acceptors (Lipinski definition) is 12. The minimum Gasteiger partial charge on any atom is -0.491 e. The standard InChI is InChI=1S/C28H32N6O2S.C28H31N5O3S.CH4/c1-6-17(5)31-19-8-7-9-20(19)32-26(35)25-24-23-21(10-11-29-27(23)37-25)34(28(36)33-24)22-14-30-18(12-15(2)3)13-16(22)4;1-6-17(5)30-19-8-7-9-20(19)31-26(34)25-24-23-22(12-13-29-27(23)37-25)33(28(35)32-24)21-11-10-18(14-16(21)4)36-15(2)3;/h6,10-11,13-15,19-20,31H,1,5,7-9,12H2,2-4H3,(H,32,35)(H,33,36);6,10-15,19-20,30H,1,5,7-9H2,2-4H3,(H,31,34)(H,32,35);1H4. The lowest BCUT2D eigenvalue weighted by atomic mass is 10.0. The lowest BCUT2D eigenvalue weighted by Gasteiger charge is -2.30. The van der Waals surface area contributed by atoms with Crippen LogP contribution in [-0.4, -0.2) is 69.1 Å². The number of nitrogens with one attached hydrogen (secondary N) is 6. The number of ether oxygens (including phenoxy) is 1. The van der Waals surface area contributed by atoms with Crippen molar-refractivity contribution < 1.29 is 23.9 Å². The molecule has 6 aromatic rings. The van der Waals surface area contributed by atoms with Crippen molar-refractivity contribution in [2.75, 3.05) is 20.4 Å². The fourth-order valence-electron chi connectivity index (χ4n) is 10.2. The summed E-state index contributed by atoms with van der Waals surface area (Å²) in [6, 6.07) is 10.8.